The number of rotatable bonds is 8. The molecule has 1 aliphatic heterocycles. The molecule has 26 heavy (non-hydrogen) atoms. The minimum Gasteiger partial charge on any atom is -0.365 e. The molecule has 0 bridgehead atoms. The molecule has 1 amide bonds. The highest BCUT2D eigenvalue weighted by Crippen LogP contribution is 2.32. The number of carbonyl (C=O) groups is 1. The first-order valence-electron chi connectivity index (χ1n) is 8.47. The summed E-state index contributed by atoms with van der Waals surface area (Å²) in [4.78, 5) is 15.9. The number of benzene rings is 1. The fourth-order valence-corrected chi connectivity index (χ4v) is 3.04. The van der Waals surface area contributed by atoms with Crippen LogP contribution in [0.15, 0.2) is 24.3 Å². The minimum absolute atomic E-state index is 0.143. The number of alkyl halides is 4. The predicted octanol–water partition coefficient (Wildman–Crippen LogP) is 3.33. The van der Waals surface area contributed by atoms with Crippen LogP contribution >= 0.6 is 0 Å². The average molecular weight is 376 g/mol. The van der Waals surface area contributed by atoms with Gasteiger partial charge in [-0.3, -0.25) is 4.79 Å². The van der Waals surface area contributed by atoms with Crippen molar-refractivity contribution in [3.05, 3.63) is 35.4 Å². The summed E-state index contributed by atoms with van der Waals surface area (Å²) in [6, 6.07) is 7.77. The molecule has 146 valence electrons. The molecule has 0 aromatic heterocycles. The number of hydrogen-bond acceptors (Lipinski definition) is 3. The van der Waals surface area contributed by atoms with Crippen LogP contribution in [0.25, 0.3) is 0 Å². The Balaban J connectivity index is 1.93. The van der Waals surface area contributed by atoms with Gasteiger partial charge in [0.15, 0.2) is 0 Å². The lowest BCUT2D eigenvalue weighted by Gasteiger charge is -2.26. The van der Waals surface area contributed by atoms with Gasteiger partial charge in [0.1, 0.15) is 13.2 Å². The van der Waals surface area contributed by atoms with E-state index in [2.05, 4.69) is 4.74 Å². The van der Waals surface area contributed by atoms with Crippen molar-refractivity contribution in [1.82, 2.24) is 9.80 Å². The van der Waals surface area contributed by atoms with Crippen LogP contribution in [0.5, 0.6) is 0 Å². The van der Waals surface area contributed by atoms with Gasteiger partial charge in [-0.1, -0.05) is 24.3 Å². The largest absolute Gasteiger partial charge is 0.365 e. The summed E-state index contributed by atoms with van der Waals surface area (Å²) in [6.07, 6.45) is -2.24. The van der Waals surface area contributed by atoms with Gasteiger partial charge in [-0.15, -0.1) is 0 Å². The maximum atomic E-state index is 12.8. The highest BCUT2D eigenvalue weighted by molar-refractivity contribution is 5.78. The molecule has 4 nitrogen and oxygen atoms in total. The van der Waals surface area contributed by atoms with E-state index >= 15 is 0 Å². The van der Waals surface area contributed by atoms with Crippen molar-refractivity contribution in [3.63, 3.8) is 0 Å². The standard InChI is InChI=1S/C18H24F4N2O2/c1-23(2)10-13-5-7-14(8-6-13)15-4-3-9-24(15)16(25)11-26-12-18(21,22)17(19)20/h5-8,15,17H,3-4,9-12H2,1-2H3. The van der Waals surface area contributed by atoms with E-state index < -0.39 is 31.5 Å². The first-order chi connectivity index (χ1) is 12.2. The molecule has 1 aliphatic rings. The van der Waals surface area contributed by atoms with E-state index in [0.29, 0.717) is 6.54 Å². The zero-order valence-corrected chi connectivity index (χ0v) is 14.9. The number of carbonyl (C=O) groups excluding carboxylic acids is 1. The lowest BCUT2D eigenvalue weighted by molar-refractivity contribution is -0.171. The fraction of sp³-hybridized carbons (Fsp3) is 0.611. The van der Waals surface area contributed by atoms with E-state index in [1.165, 1.54) is 0 Å². The number of ether oxygens (including phenoxy) is 1. The van der Waals surface area contributed by atoms with E-state index in [-0.39, 0.29) is 6.04 Å². The van der Waals surface area contributed by atoms with Gasteiger partial charge in [0, 0.05) is 13.1 Å². The molecule has 0 saturated carbocycles. The van der Waals surface area contributed by atoms with Crippen molar-refractivity contribution in [2.75, 3.05) is 33.9 Å². The summed E-state index contributed by atoms with van der Waals surface area (Å²) < 4.78 is 54.4. The number of halogens is 4. The topological polar surface area (TPSA) is 32.8 Å². The van der Waals surface area contributed by atoms with Crippen molar-refractivity contribution in [2.24, 2.45) is 0 Å². The van der Waals surface area contributed by atoms with Crippen LogP contribution in [-0.4, -0.2) is 61.9 Å². The zero-order chi connectivity index (χ0) is 19.3. The molecule has 0 aliphatic carbocycles. The monoisotopic (exact) mass is 376 g/mol. The third-order valence-corrected chi connectivity index (χ3v) is 4.28. The molecule has 0 spiro atoms. The molecule has 0 radical (unpaired) electrons. The van der Waals surface area contributed by atoms with E-state index in [1.54, 1.807) is 4.90 Å². The van der Waals surface area contributed by atoms with Gasteiger partial charge in [-0.2, -0.15) is 8.78 Å². The van der Waals surface area contributed by atoms with Gasteiger partial charge in [-0.25, -0.2) is 8.78 Å². The predicted molar refractivity (Wildman–Crippen MR) is 89.3 cm³/mol. The molecule has 1 unspecified atom stereocenters. The van der Waals surface area contributed by atoms with E-state index in [4.69, 9.17) is 0 Å². The summed E-state index contributed by atoms with van der Waals surface area (Å²) in [7, 11) is 3.95. The average Bonchev–Trinajstić information content (AvgIpc) is 3.04. The molecule has 2 rings (SSSR count). The molecule has 1 aromatic carbocycles. The minimum atomic E-state index is -4.24. The van der Waals surface area contributed by atoms with E-state index in [1.807, 2.05) is 43.3 Å². The Bertz CT molecular complexity index is 593. The maximum Gasteiger partial charge on any atom is 0.330 e. The number of nitrogens with zero attached hydrogens (tertiary/aromatic N) is 2. The van der Waals surface area contributed by atoms with Crippen molar-refractivity contribution < 1.29 is 27.1 Å². The lowest BCUT2D eigenvalue weighted by atomic mass is 10.0. The molecular weight excluding hydrogens is 352 g/mol. The summed E-state index contributed by atoms with van der Waals surface area (Å²) in [6.45, 7) is -0.789. The third kappa shape index (κ3) is 5.41. The molecule has 1 atom stereocenters. The Morgan fingerprint density at radius 2 is 1.96 bits per heavy atom. The van der Waals surface area contributed by atoms with Gasteiger partial charge in [0.2, 0.25) is 5.91 Å². The maximum absolute atomic E-state index is 12.8. The Labute approximate surface area is 150 Å². The molecule has 1 fully saturated rings. The Kier molecular flexibility index (Phi) is 7.00. The van der Waals surface area contributed by atoms with Crippen LogP contribution in [-0.2, 0) is 16.1 Å². The second-order valence-corrected chi connectivity index (χ2v) is 6.78. The van der Waals surface area contributed by atoms with Gasteiger partial charge >= 0.3 is 12.3 Å². The Morgan fingerprint density at radius 1 is 1.31 bits per heavy atom. The summed E-state index contributed by atoms with van der Waals surface area (Å²) in [5.74, 6) is -4.71. The Morgan fingerprint density at radius 3 is 2.54 bits per heavy atom. The fourth-order valence-electron chi connectivity index (χ4n) is 3.04. The smallest absolute Gasteiger partial charge is 0.330 e. The van der Waals surface area contributed by atoms with Gasteiger partial charge in [-0.05, 0) is 38.1 Å². The second kappa shape index (κ2) is 8.81. The molecule has 1 heterocycles. The molecule has 1 saturated heterocycles. The number of hydrogen-bond donors (Lipinski definition) is 0. The molecule has 1 aromatic rings. The zero-order valence-electron chi connectivity index (χ0n) is 14.9. The van der Waals surface area contributed by atoms with Crippen molar-refractivity contribution in [2.45, 2.75) is 37.8 Å². The first-order valence-corrected chi connectivity index (χ1v) is 8.47. The first kappa shape index (κ1) is 20.6. The van der Waals surface area contributed by atoms with E-state index in [0.717, 1.165) is 30.5 Å². The van der Waals surface area contributed by atoms with Crippen LogP contribution < -0.4 is 0 Å². The van der Waals surface area contributed by atoms with Crippen molar-refractivity contribution >= 4 is 5.91 Å². The highest BCUT2D eigenvalue weighted by atomic mass is 19.3. The van der Waals surface area contributed by atoms with Gasteiger partial charge in [0.05, 0.1) is 6.04 Å². The van der Waals surface area contributed by atoms with Crippen LogP contribution in [0.1, 0.15) is 30.0 Å². The molecule has 0 N–H and O–H groups in total. The van der Waals surface area contributed by atoms with Gasteiger partial charge in [0.25, 0.3) is 0 Å². The quantitative estimate of drug-likeness (QED) is 0.653. The number of likely N-dealkylation sites (tertiary alicyclic amines) is 1. The third-order valence-electron chi connectivity index (χ3n) is 4.28. The SMILES string of the molecule is CN(C)Cc1ccc(C2CCCN2C(=O)COCC(F)(F)C(F)F)cc1. The van der Waals surface area contributed by atoms with Gasteiger partial charge < -0.3 is 14.5 Å². The summed E-state index contributed by atoms with van der Waals surface area (Å²) in [5.41, 5.74) is 2.11. The van der Waals surface area contributed by atoms with E-state index in [9.17, 15) is 22.4 Å². The summed E-state index contributed by atoms with van der Waals surface area (Å²) >= 11 is 0. The normalized spacial score (nSPS) is 18.2. The van der Waals surface area contributed by atoms with Crippen molar-refractivity contribution in [3.8, 4) is 0 Å². The van der Waals surface area contributed by atoms with Crippen LogP contribution in [0, 0.1) is 0 Å². The number of amides is 1. The van der Waals surface area contributed by atoms with Crippen molar-refractivity contribution in [1.29, 1.82) is 0 Å². The lowest BCUT2D eigenvalue weighted by Crippen LogP contribution is -2.37. The van der Waals surface area contributed by atoms with Crippen LogP contribution in [0.2, 0.25) is 0 Å². The molecule has 8 heteroatoms. The highest BCUT2D eigenvalue weighted by Gasteiger charge is 2.41. The Hall–Kier alpha value is -1.67. The second-order valence-electron chi connectivity index (χ2n) is 6.78. The summed E-state index contributed by atoms with van der Waals surface area (Å²) in [5, 5.41) is 0. The van der Waals surface area contributed by atoms with Crippen LogP contribution in [0.4, 0.5) is 17.6 Å². The van der Waals surface area contributed by atoms with Crippen LogP contribution in [0.3, 0.4) is 0 Å². The molecular formula is C18H24F4N2O2.